The molecule has 0 fully saturated rings. The van der Waals surface area contributed by atoms with Gasteiger partial charge in [-0.3, -0.25) is 9.67 Å². The van der Waals surface area contributed by atoms with Crippen LogP contribution < -0.4 is 10.6 Å². The second kappa shape index (κ2) is 7.74. The Morgan fingerprint density at radius 3 is 2.56 bits per heavy atom. The molecule has 2 N–H and O–H groups in total. The van der Waals surface area contributed by atoms with E-state index in [1.807, 2.05) is 23.1 Å². The molecule has 1 atom stereocenters. The fourth-order valence-electron chi connectivity index (χ4n) is 1.58. The first kappa shape index (κ1) is 14.5. The number of rotatable bonds is 6. The van der Waals surface area contributed by atoms with Crippen LogP contribution >= 0.6 is 0 Å². The van der Waals surface area contributed by atoms with Gasteiger partial charge in [-0.15, -0.1) is 0 Å². The second-order valence-electron chi connectivity index (χ2n) is 5.06. The number of nitrogens with one attached hydrogen (secondary N) is 2. The fourth-order valence-corrected chi connectivity index (χ4v) is 1.58. The van der Waals surface area contributed by atoms with Gasteiger partial charge < -0.3 is 10.6 Å². The first-order chi connectivity index (χ1) is 8.61. The lowest BCUT2D eigenvalue weighted by Gasteiger charge is -2.17. The summed E-state index contributed by atoms with van der Waals surface area (Å²) in [7, 11) is 1.80. The summed E-state index contributed by atoms with van der Waals surface area (Å²) in [6.07, 6.45) is 3.80. The molecule has 1 unspecified atom stereocenters. The lowest BCUT2D eigenvalue weighted by Crippen LogP contribution is -2.41. The van der Waals surface area contributed by atoms with Gasteiger partial charge in [-0.25, -0.2) is 0 Å². The van der Waals surface area contributed by atoms with E-state index in [2.05, 4.69) is 41.5 Å². The minimum Gasteiger partial charge on any atom is -0.356 e. The summed E-state index contributed by atoms with van der Waals surface area (Å²) in [6.45, 7) is 9.30. The standard InChI is InChI=1S/C13H25N5/c1-11(2)8-15-13(14-4)16-9-12(3)10-18-7-5-6-17-18/h5-7,11-12H,8-10H2,1-4H3,(H2,14,15,16). The Balaban J connectivity index is 2.25. The Hall–Kier alpha value is -1.52. The molecule has 0 saturated carbocycles. The molecule has 102 valence electrons. The maximum atomic E-state index is 4.21. The van der Waals surface area contributed by atoms with Crippen LogP contribution in [-0.2, 0) is 6.54 Å². The van der Waals surface area contributed by atoms with Crippen LogP contribution in [0.5, 0.6) is 0 Å². The minimum absolute atomic E-state index is 0.502. The molecule has 1 rings (SSSR count). The van der Waals surface area contributed by atoms with Crippen molar-refractivity contribution in [2.45, 2.75) is 27.3 Å². The summed E-state index contributed by atoms with van der Waals surface area (Å²) >= 11 is 0. The van der Waals surface area contributed by atoms with E-state index in [0.717, 1.165) is 25.6 Å². The highest BCUT2D eigenvalue weighted by Crippen LogP contribution is 1.97. The van der Waals surface area contributed by atoms with Gasteiger partial charge in [-0.05, 0) is 17.9 Å². The number of hydrogen-bond acceptors (Lipinski definition) is 2. The van der Waals surface area contributed by atoms with Gasteiger partial charge in [-0.1, -0.05) is 20.8 Å². The molecule has 0 aliphatic carbocycles. The molecule has 0 spiro atoms. The van der Waals surface area contributed by atoms with Crippen molar-refractivity contribution in [3.05, 3.63) is 18.5 Å². The van der Waals surface area contributed by atoms with Crippen LogP contribution in [0.4, 0.5) is 0 Å². The van der Waals surface area contributed by atoms with Crippen LogP contribution in [0, 0.1) is 11.8 Å². The van der Waals surface area contributed by atoms with Gasteiger partial charge in [0, 0.05) is 39.1 Å². The van der Waals surface area contributed by atoms with Gasteiger partial charge in [0.15, 0.2) is 5.96 Å². The third-order valence-electron chi connectivity index (χ3n) is 2.58. The quantitative estimate of drug-likeness (QED) is 0.592. The average molecular weight is 251 g/mol. The van der Waals surface area contributed by atoms with Gasteiger partial charge in [0.05, 0.1) is 0 Å². The van der Waals surface area contributed by atoms with Crippen molar-refractivity contribution in [1.29, 1.82) is 0 Å². The molecule has 0 saturated heterocycles. The van der Waals surface area contributed by atoms with Gasteiger partial charge in [0.2, 0.25) is 0 Å². The Bertz CT molecular complexity index is 342. The van der Waals surface area contributed by atoms with Crippen LogP contribution in [0.3, 0.4) is 0 Å². The molecule has 0 amide bonds. The zero-order valence-corrected chi connectivity index (χ0v) is 11.8. The van der Waals surface area contributed by atoms with Crippen LogP contribution in [-0.4, -0.2) is 35.9 Å². The molecule has 0 bridgehead atoms. The summed E-state index contributed by atoms with van der Waals surface area (Å²) in [5, 5.41) is 10.8. The molecular weight excluding hydrogens is 226 g/mol. The number of hydrogen-bond donors (Lipinski definition) is 2. The predicted octanol–water partition coefficient (Wildman–Crippen LogP) is 1.34. The van der Waals surface area contributed by atoms with E-state index in [9.17, 15) is 0 Å². The van der Waals surface area contributed by atoms with Crippen molar-refractivity contribution < 1.29 is 0 Å². The van der Waals surface area contributed by atoms with Crippen LogP contribution in [0.25, 0.3) is 0 Å². The van der Waals surface area contributed by atoms with Crippen molar-refractivity contribution >= 4 is 5.96 Å². The highest BCUT2D eigenvalue weighted by Gasteiger charge is 2.05. The Labute approximate surface area is 110 Å². The van der Waals surface area contributed by atoms with Gasteiger partial charge in [0.25, 0.3) is 0 Å². The molecule has 0 aliphatic heterocycles. The summed E-state index contributed by atoms with van der Waals surface area (Å²) < 4.78 is 1.96. The third-order valence-corrected chi connectivity index (χ3v) is 2.58. The predicted molar refractivity (Wildman–Crippen MR) is 75.6 cm³/mol. The molecule has 0 radical (unpaired) electrons. The van der Waals surface area contributed by atoms with Crippen LogP contribution in [0.2, 0.25) is 0 Å². The number of aromatic nitrogens is 2. The summed E-state index contributed by atoms with van der Waals surface area (Å²) in [4.78, 5) is 4.20. The topological polar surface area (TPSA) is 54.2 Å². The lowest BCUT2D eigenvalue weighted by atomic mass is 10.2. The van der Waals surface area contributed by atoms with Crippen LogP contribution in [0.1, 0.15) is 20.8 Å². The molecule has 1 aromatic heterocycles. The monoisotopic (exact) mass is 251 g/mol. The maximum absolute atomic E-state index is 4.21. The van der Waals surface area contributed by atoms with E-state index in [0.29, 0.717) is 11.8 Å². The molecule has 0 aliphatic rings. The van der Waals surface area contributed by atoms with Crippen LogP contribution in [0.15, 0.2) is 23.5 Å². The van der Waals surface area contributed by atoms with Gasteiger partial charge >= 0.3 is 0 Å². The summed E-state index contributed by atoms with van der Waals surface area (Å²) in [5.74, 6) is 1.99. The Morgan fingerprint density at radius 2 is 2.00 bits per heavy atom. The molecule has 0 aromatic carbocycles. The summed E-state index contributed by atoms with van der Waals surface area (Å²) in [6, 6.07) is 1.95. The number of aliphatic imine (C=N–C) groups is 1. The maximum Gasteiger partial charge on any atom is 0.190 e. The number of guanidine groups is 1. The highest BCUT2D eigenvalue weighted by molar-refractivity contribution is 5.79. The Kier molecular flexibility index (Phi) is 6.25. The van der Waals surface area contributed by atoms with E-state index >= 15 is 0 Å². The zero-order chi connectivity index (χ0) is 13.4. The number of nitrogens with zero attached hydrogens (tertiary/aromatic N) is 3. The van der Waals surface area contributed by atoms with Gasteiger partial charge in [-0.2, -0.15) is 5.10 Å². The zero-order valence-electron chi connectivity index (χ0n) is 11.8. The fraction of sp³-hybridized carbons (Fsp3) is 0.692. The van der Waals surface area contributed by atoms with E-state index in [1.54, 1.807) is 7.05 Å². The normalized spacial score (nSPS) is 13.7. The second-order valence-corrected chi connectivity index (χ2v) is 5.06. The van der Waals surface area contributed by atoms with Crippen molar-refractivity contribution in [3.63, 3.8) is 0 Å². The van der Waals surface area contributed by atoms with Gasteiger partial charge in [0.1, 0.15) is 0 Å². The molecule has 1 heterocycles. The molecular formula is C13H25N5. The van der Waals surface area contributed by atoms with E-state index in [4.69, 9.17) is 0 Å². The van der Waals surface area contributed by atoms with Crippen molar-refractivity contribution in [2.75, 3.05) is 20.1 Å². The Morgan fingerprint density at radius 1 is 1.28 bits per heavy atom. The SMILES string of the molecule is CN=C(NCC(C)C)NCC(C)Cn1cccn1. The largest absolute Gasteiger partial charge is 0.356 e. The molecule has 5 heteroatoms. The lowest BCUT2D eigenvalue weighted by molar-refractivity contribution is 0.442. The van der Waals surface area contributed by atoms with Crippen molar-refractivity contribution in [1.82, 2.24) is 20.4 Å². The van der Waals surface area contributed by atoms with E-state index in [1.165, 1.54) is 0 Å². The van der Waals surface area contributed by atoms with Crippen molar-refractivity contribution in [3.8, 4) is 0 Å². The van der Waals surface area contributed by atoms with E-state index in [-0.39, 0.29) is 0 Å². The molecule has 1 aromatic rings. The average Bonchev–Trinajstić information content (AvgIpc) is 2.81. The minimum atomic E-state index is 0.502. The van der Waals surface area contributed by atoms with Crippen molar-refractivity contribution in [2.24, 2.45) is 16.8 Å². The first-order valence-electron chi connectivity index (χ1n) is 6.53. The first-order valence-corrected chi connectivity index (χ1v) is 6.53. The smallest absolute Gasteiger partial charge is 0.190 e. The summed E-state index contributed by atoms with van der Waals surface area (Å²) in [5.41, 5.74) is 0. The highest BCUT2D eigenvalue weighted by atomic mass is 15.3. The van der Waals surface area contributed by atoms with E-state index < -0.39 is 0 Å². The third kappa shape index (κ3) is 5.70. The molecule has 18 heavy (non-hydrogen) atoms. The molecule has 5 nitrogen and oxygen atoms in total.